The summed E-state index contributed by atoms with van der Waals surface area (Å²) in [6.07, 6.45) is 3.57. The van der Waals surface area contributed by atoms with Gasteiger partial charge in [-0.1, -0.05) is 12.2 Å². The van der Waals surface area contributed by atoms with Crippen LogP contribution in [0.4, 0.5) is 5.69 Å². The molecule has 1 aromatic carbocycles. The van der Waals surface area contributed by atoms with Crippen LogP contribution in [0.15, 0.2) is 30.4 Å². The standard InChI is InChI=1S/C11H12ClNO3/c1-9-8-10(16-7-3-2-6-12)4-5-11(9)13(14)15/h2-5,8H,6-7H2,1H3. The quantitative estimate of drug-likeness (QED) is 0.345. The number of nitro groups is 1. The molecule has 5 heteroatoms. The van der Waals surface area contributed by atoms with E-state index < -0.39 is 4.92 Å². The molecule has 0 aliphatic heterocycles. The van der Waals surface area contributed by atoms with Crippen LogP contribution in [-0.4, -0.2) is 17.4 Å². The predicted octanol–water partition coefficient (Wildman–Crippen LogP) is 3.08. The molecular weight excluding hydrogens is 230 g/mol. The molecule has 0 aliphatic carbocycles. The molecule has 4 nitrogen and oxygen atoms in total. The fourth-order valence-electron chi connectivity index (χ4n) is 1.20. The highest BCUT2D eigenvalue weighted by molar-refractivity contribution is 6.18. The fourth-order valence-corrected chi connectivity index (χ4v) is 1.32. The zero-order chi connectivity index (χ0) is 12.0. The van der Waals surface area contributed by atoms with E-state index in [0.717, 1.165) is 0 Å². The lowest BCUT2D eigenvalue weighted by Gasteiger charge is -2.04. The third kappa shape index (κ3) is 3.55. The number of hydrogen-bond acceptors (Lipinski definition) is 3. The summed E-state index contributed by atoms with van der Waals surface area (Å²) >= 11 is 5.45. The molecule has 0 radical (unpaired) electrons. The van der Waals surface area contributed by atoms with Crippen LogP contribution < -0.4 is 4.74 Å². The lowest BCUT2D eigenvalue weighted by Crippen LogP contribution is -1.96. The Labute approximate surface area is 98.6 Å². The summed E-state index contributed by atoms with van der Waals surface area (Å²) in [5.74, 6) is 1.06. The maximum atomic E-state index is 10.6. The first-order chi connectivity index (χ1) is 7.65. The van der Waals surface area contributed by atoms with E-state index in [4.69, 9.17) is 16.3 Å². The first-order valence-electron chi connectivity index (χ1n) is 4.74. The van der Waals surface area contributed by atoms with Crippen LogP contribution in [0.3, 0.4) is 0 Å². The van der Waals surface area contributed by atoms with Gasteiger partial charge in [0, 0.05) is 17.5 Å². The molecule has 1 aromatic rings. The zero-order valence-electron chi connectivity index (χ0n) is 8.85. The Bertz CT molecular complexity index is 404. The summed E-state index contributed by atoms with van der Waals surface area (Å²) < 4.78 is 5.36. The van der Waals surface area contributed by atoms with Gasteiger partial charge in [0.2, 0.25) is 0 Å². The number of nitro benzene ring substituents is 1. The second-order valence-corrected chi connectivity index (χ2v) is 3.45. The zero-order valence-corrected chi connectivity index (χ0v) is 9.61. The minimum Gasteiger partial charge on any atom is -0.490 e. The van der Waals surface area contributed by atoms with Crippen LogP contribution in [0, 0.1) is 17.0 Å². The molecule has 1 rings (SSSR count). The van der Waals surface area contributed by atoms with E-state index in [0.29, 0.717) is 23.8 Å². The third-order valence-corrected chi connectivity index (χ3v) is 2.15. The highest BCUT2D eigenvalue weighted by Crippen LogP contribution is 2.22. The maximum Gasteiger partial charge on any atom is 0.272 e. The first-order valence-corrected chi connectivity index (χ1v) is 5.27. The van der Waals surface area contributed by atoms with E-state index in [2.05, 4.69) is 0 Å². The van der Waals surface area contributed by atoms with Crippen molar-refractivity contribution in [1.29, 1.82) is 0 Å². The molecule has 16 heavy (non-hydrogen) atoms. The van der Waals surface area contributed by atoms with E-state index in [1.807, 2.05) is 0 Å². The van der Waals surface area contributed by atoms with Crippen LogP contribution in [0.5, 0.6) is 5.75 Å². The lowest BCUT2D eigenvalue weighted by molar-refractivity contribution is -0.385. The molecule has 86 valence electrons. The molecule has 0 amide bonds. The smallest absolute Gasteiger partial charge is 0.272 e. The normalized spacial score (nSPS) is 10.6. The van der Waals surface area contributed by atoms with Gasteiger partial charge in [0.1, 0.15) is 12.4 Å². The molecule has 0 fully saturated rings. The minimum absolute atomic E-state index is 0.101. The molecule has 0 spiro atoms. The van der Waals surface area contributed by atoms with Gasteiger partial charge in [0.05, 0.1) is 4.92 Å². The van der Waals surface area contributed by atoms with Crippen molar-refractivity contribution >= 4 is 17.3 Å². The largest absolute Gasteiger partial charge is 0.490 e. The first kappa shape index (κ1) is 12.5. The van der Waals surface area contributed by atoms with E-state index in [1.165, 1.54) is 6.07 Å². The van der Waals surface area contributed by atoms with Crippen LogP contribution in [-0.2, 0) is 0 Å². The van der Waals surface area contributed by atoms with Gasteiger partial charge < -0.3 is 4.74 Å². The van der Waals surface area contributed by atoms with Gasteiger partial charge in [-0.2, -0.15) is 0 Å². The maximum absolute atomic E-state index is 10.6. The Morgan fingerprint density at radius 3 is 2.81 bits per heavy atom. The lowest BCUT2D eigenvalue weighted by atomic mass is 10.2. The highest BCUT2D eigenvalue weighted by Gasteiger charge is 2.10. The topological polar surface area (TPSA) is 52.4 Å². The van der Waals surface area contributed by atoms with Crippen molar-refractivity contribution in [3.8, 4) is 5.75 Å². The van der Waals surface area contributed by atoms with Gasteiger partial charge in [0.25, 0.3) is 5.69 Å². The van der Waals surface area contributed by atoms with Gasteiger partial charge in [-0.15, -0.1) is 11.6 Å². The van der Waals surface area contributed by atoms with E-state index >= 15 is 0 Å². The van der Waals surface area contributed by atoms with Crippen molar-refractivity contribution < 1.29 is 9.66 Å². The van der Waals surface area contributed by atoms with Crippen LogP contribution in [0.1, 0.15) is 5.56 Å². The number of rotatable bonds is 5. The van der Waals surface area contributed by atoms with Crippen molar-refractivity contribution in [1.82, 2.24) is 0 Å². The molecular formula is C11H12ClNO3. The van der Waals surface area contributed by atoms with Gasteiger partial charge in [-0.05, 0) is 19.1 Å². The molecule has 0 atom stereocenters. The number of aryl methyl sites for hydroxylation is 1. The number of nitrogens with zero attached hydrogens (tertiary/aromatic N) is 1. The van der Waals surface area contributed by atoms with Gasteiger partial charge in [0.15, 0.2) is 0 Å². The predicted molar refractivity (Wildman–Crippen MR) is 63.2 cm³/mol. The second kappa shape index (κ2) is 6.12. The monoisotopic (exact) mass is 241 g/mol. The Morgan fingerprint density at radius 2 is 2.25 bits per heavy atom. The highest BCUT2D eigenvalue weighted by atomic mass is 35.5. The Balaban J connectivity index is 2.66. The van der Waals surface area contributed by atoms with Gasteiger partial charge in [-0.3, -0.25) is 10.1 Å². The van der Waals surface area contributed by atoms with E-state index in [1.54, 1.807) is 31.2 Å². The van der Waals surface area contributed by atoms with E-state index in [-0.39, 0.29) is 5.69 Å². The molecule has 0 heterocycles. The summed E-state index contributed by atoms with van der Waals surface area (Å²) in [4.78, 5) is 10.2. The average molecular weight is 242 g/mol. The molecule has 0 unspecified atom stereocenters. The van der Waals surface area contributed by atoms with Crippen molar-refractivity contribution in [3.63, 3.8) is 0 Å². The Hall–Kier alpha value is -1.55. The summed E-state index contributed by atoms with van der Waals surface area (Å²) in [5, 5.41) is 10.6. The minimum atomic E-state index is -0.410. The second-order valence-electron chi connectivity index (χ2n) is 3.14. The van der Waals surface area contributed by atoms with Crippen LogP contribution >= 0.6 is 11.6 Å². The van der Waals surface area contributed by atoms with E-state index in [9.17, 15) is 10.1 Å². The van der Waals surface area contributed by atoms with Gasteiger partial charge in [-0.25, -0.2) is 0 Å². The molecule has 0 bridgehead atoms. The van der Waals surface area contributed by atoms with Crippen molar-refractivity contribution in [2.45, 2.75) is 6.92 Å². The van der Waals surface area contributed by atoms with Crippen molar-refractivity contribution in [3.05, 3.63) is 46.0 Å². The molecule has 0 aliphatic rings. The number of benzene rings is 1. The third-order valence-electron chi connectivity index (χ3n) is 1.97. The molecule has 0 aromatic heterocycles. The molecule has 0 saturated heterocycles. The fraction of sp³-hybridized carbons (Fsp3) is 0.273. The molecule has 0 saturated carbocycles. The van der Waals surface area contributed by atoms with Crippen LogP contribution in [0.25, 0.3) is 0 Å². The Morgan fingerprint density at radius 1 is 1.50 bits per heavy atom. The summed E-state index contributed by atoms with van der Waals surface area (Å²) in [7, 11) is 0. The number of halogens is 1. The SMILES string of the molecule is Cc1cc(OCC=CCCl)ccc1[N+](=O)[O-]. The number of alkyl halides is 1. The Kier molecular flexibility index (Phi) is 4.79. The number of hydrogen-bond donors (Lipinski definition) is 0. The molecule has 0 N–H and O–H groups in total. The average Bonchev–Trinajstić information content (AvgIpc) is 2.24. The summed E-state index contributed by atoms with van der Waals surface area (Å²) in [6, 6.07) is 4.67. The van der Waals surface area contributed by atoms with Crippen molar-refractivity contribution in [2.24, 2.45) is 0 Å². The summed E-state index contributed by atoms with van der Waals surface area (Å²) in [5.41, 5.74) is 0.687. The summed E-state index contributed by atoms with van der Waals surface area (Å²) in [6.45, 7) is 2.09. The number of ether oxygens (including phenoxy) is 1. The number of allylic oxidation sites excluding steroid dienone is 1. The van der Waals surface area contributed by atoms with Crippen molar-refractivity contribution in [2.75, 3.05) is 12.5 Å². The van der Waals surface area contributed by atoms with Crippen LogP contribution in [0.2, 0.25) is 0 Å². The van der Waals surface area contributed by atoms with Gasteiger partial charge >= 0.3 is 0 Å².